The van der Waals surface area contributed by atoms with Crippen molar-refractivity contribution in [1.29, 1.82) is 0 Å². The second kappa shape index (κ2) is 5.12. The van der Waals surface area contributed by atoms with Gasteiger partial charge in [-0.3, -0.25) is 9.48 Å². The highest BCUT2D eigenvalue weighted by Gasteiger charge is 2.17. The van der Waals surface area contributed by atoms with Gasteiger partial charge in [-0.25, -0.2) is 0 Å². The van der Waals surface area contributed by atoms with E-state index >= 15 is 0 Å². The van der Waals surface area contributed by atoms with E-state index < -0.39 is 6.04 Å². The predicted octanol–water partition coefficient (Wildman–Crippen LogP) is 0.328. The number of carbonyl (C=O) groups excluding carboxylic acids is 1. The second-order valence-corrected chi connectivity index (χ2v) is 4.40. The molecule has 0 saturated carbocycles. The van der Waals surface area contributed by atoms with Crippen LogP contribution in [0.4, 0.5) is 0 Å². The Morgan fingerprint density at radius 3 is 2.69 bits per heavy atom. The Morgan fingerprint density at radius 2 is 2.25 bits per heavy atom. The number of hydrogen-bond acceptors (Lipinski definition) is 3. The first-order chi connectivity index (χ1) is 7.41. The first-order valence-electron chi connectivity index (χ1n) is 5.44. The molecule has 1 atom stereocenters. The van der Waals surface area contributed by atoms with Crippen LogP contribution in [0.2, 0.25) is 0 Å². The highest BCUT2D eigenvalue weighted by molar-refractivity contribution is 5.81. The second-order valence-electron chi connectivity index (χ2n) is 4.40. The van der Waals surface area contributed by atoms with Crippen molar-refractivity contribution < 1.29 is 4.79 Å². The molecule has 1 aromatic rings. The molecule has 1 rings (SSSR count). The van der Waals surface area contributed by atoms with Crippen LogP contribution in [-0.2, 0) is 18.4 Å². The van der Waals surface area contributed by atoms with Gasteiger partial charge in [0.05, 0.1) is 11.7 Å². The zero-order chi connectivity index (χ0) is 12.3. The summed E-state index contributed by atoms with van der Waals surface area (Å²) in [5, 5.41) is 7.02. The maximum absolute atomic E-state index is 11.6. The number of nitrogens with two attached hydrogens (primary N) is 1. The first-order valence-corrected chi connectivity index (χ1v) is 5.44. The molecule has 1 heterocycles. The molecule has 0 aliphatic rings. The van der Waals surface area contributed by atoms with Gasteiger partial charge >= 0.3 is 0 Å². The molecule has 90 valence electrons. The summed E-state index contributed by atoms with van der Waals surface area (Å²) in [6.07, 6.45) is 1.90. The van der Waals surface area contributed by atoms with Gasteiger partial charge in [-0.2, -0.15) is 5.10 Å². The summed E-state index contributed by atoms with van der Waals surface area (Å²) in [6, 6.07) is -0.447. The lowest BCUT2D eigenvalue weighted by Crippen LogP contribution is -2.43. The molecule has 0 aromatic carbocycles. The van der Waals surface area contributed by atoms with Crippen molar-refractivity contribution in [3.63, 3.8) is 0 Å². The number of rotatable bonds is 4. The molecule has 0 aliphatic heterocycles. The summed E-state index contributed by atoms with van der Waals surface area (Å²) < 4.78 is 1.74. The van der Waals surface area contributed by atoms with Crippen LogP contribution in [0.5, 0.6) is 0 Å². The minimum absolute atomic E-state index is 0.113. The van der Waals surface area contributed by atoms with E-state index in [-0.39, 0.29) is 11.8 Å². The largest absolute Gasteiger partial charge is 0.351 e. The summed E-state index contributed by atoms with van der Waals surface area (Å²) in [5.74, 6) is 0.0354. The number of nitrogens with one attached hydrogen (secondary N) is 1. The molecule has 5 heteroatoms. The molecule has 0 spiro atoms. The van der Waals surface area contributed by atoms with Crippen LogP contribution in [0.25, 0.3) is 0 Å². The molecule has 1 aromatic heterocycles. The van der Waals surface area contributed by atoms with E-state index in [2.05, 4.69) is 10.4 Å². The maximum atomic E-state index is 11.6. The van der Waals surface area contributed by atoms with Gasteiger partial charge in [-0.15, -0.1) is 0 Å². The van der Waals surface area contributed by atoms with Crippen molar-refractivity contribution in [1.82, 2.24) is 15.1 Å². The number of hydrogen-bond donors (Lipinski definition) is 2. The highest BCUT2D eigenvalue weighted by atomic mass is 16.2. The SMILES string of the molecule is Cc1nn(C)cc1CNC(=O)[C@H](N)C(C)C. The van der Waals surface area contributed by atoms with E-state index in [1.165, 1.54) is 0 Å². The Hall–Kier alpha value is -1.36. The zero-order valence-electron chi connectivity index (χ0n) is 10.3. The number of aromatic nitrogens is 2. The fraction of sp³-hybridized carbons (Fsp3) is 0.636. The third-order valence-corrected chi connectivity index (χ3v) is 2.59. The van der Waals surface area contributed by atoms with Gasteiger partial charge < -0.3 is 11.1 Å². The summed E-state index contributed by atoms with van der Waals surface area (Å²) in [6.45, 7) is 6.27. The Bertz CT molecular complexity index is 370. The molecular formula is C11H20N4O. The molecule has 0 aliphatic carbocycles. The normalized spacial score (nSPS) is 12.9. The monoisotopic (exact) mass is 224 g/mol. The summed E-state index contributed by atoms with van der Waals surface area (Å²) in [7, 11) is 1.86. The molecule has 0 bridgehead atoms. The predicted molar refractivity (Wildman–Crippen MR) is 62.6 cm³/mol. The van der Waals surface area contributed by atoms with Crippen LogP contribution in [-0.4, -0.2) is 21.7 Å². The number of aryl methyl sites for hydroxylation is 2. The van der Waals surface area contributed by atoms with Crippen molar-refractivity contribution in [3.05, 3.63) is 17.5 Å². The minimum atomic E-state index is -0.447. The Morgan fingerprint density at radius 1 is 1.62 bits per heavy atom. The fourth-order valence-corrected chi connectivity index (χ4v) is 1.43. The zero-order valence-corrected chi connectivity index (χ0v) is 10.3. The molecule has 0 unspecified atom stereocenters. The van der Waals surface area contributed by atoms with E-state index in [0.717, 1.165) is 11.3 Å². The summed E-state index contributed by atoms with van der Waals surface area (Å²) in [4.78, 5) is 11.6. The standard InChI is InChI=1S/C11H20N4O/c1-7(2)10(12)11(16)13-5-9-6-15(4)14-8(9)3/h6-7,10H,5,12H2,1-4H3,(H,13,16)/t10-/m1/s1. The Kier molecular flexibility index (Phi) is 4.06. The van der Waals surface area contributed by atoms with Crippen LogP contribution in [0, 0.1) is 12.8 Å². The third kappa shape index (κ3) is 3.06. The van der Waals surface area contributed by atoms with Gasteiger partial charge in [-0.05, 0) is 12.8 Å². The van der Waals surface area contributed by atoms with E-state index in [9.17, 15) is 4.79 Å². The Balaban J connectivity index is 2.52. The first kappa shape index (κ1) is 12.7. The van der Waals surface area contributed by atoms with Crippen molar-refractivity contribution in [2.24, 2.45) is 18.7 Å². The van der Waals surface area contributed by atoms with Crippen molar-refractivity contribution >= 4 is 5.91 Å². The van der Waals surface area contributed by atoms with E-state index in [4.69, 9.17) is 5.73 Å². The van der Waals surface area contributed by atoms with Crippen molar-refractivity contribution in [2.75, 3.05) is 0 Å². The maximum Gasteiger partial charge on any atom is 0.237 e. The van der Waals surface area contributed by atoms with Crippen LogP contribution in [0.1, 0.15) is 25.1 Å². The van der Waals surface area contributed by atoms with Crippen molar-refractivity contribution in [2.45, 2.75) is 33.4 Å². The number of amides is 1. The van der Waals surface area contributed by atoms with Gasteiger partial charge in [0.25, 0.3) is 0 Å². The lowest BCUT2D eigenvalue weighted by atomic mass is 10.1. The summed E-state index contributed by atoms with van der Waals surface area (Å²) >= 11 is 0. The van der Waals surface area contributed by atoms with Gasteiger partial charge in [0.15, 0.2) is 0 Å². The number of nitrogens with zero attached hydrogens (tertiary/aromatic N) is 2. The molecule has 0 fully saturated rings. The van der Waals surface area contributed by atoms with Gasteiger partial charge in [0.2, 0.25) is 5.91 Å². The molecule has 5 nitrogen and oxygen atoms in total. The van der Waals surface area contributed by atoms with E-state index in [1.807, 2.05) is 34.0 Å². The molecule has 16 heavy (non-hydrogen) atoms. The van der Waals surface area contributed by atoms with Gasteiger partial charge in [0.1, 0.15) is 0 Å². The fourth-order valence-electron chi connectivity index (χ4n) is 1.43. The quantitative estimate of drug-likeness (QED) is 0.774. The average Bonchev–Trinajstić information content (AvgIpc) is 2.52. The van der Waals surface area contributed by atoms with Crippen LogP contribution < -0.4 is 11.1 Å². The smallest absolute Gasteiger partial charge is 0.237 e. The highest BCUT2D eigenvalue weighted by Crippen LogP contribution is 2.04. The van der Waals surface area contributed by atoms with Crippen LogP contribution in [0.15, 0.2) is 6.20 Å². The van der Waals surface area contributed by atoms with E-state index in [0.29, 0.717) is 6.54 Å². The lowest BCUT2D eigenvalue weighted by Gasteiger charge is -2.14. The molecular weight excluding hydrogens is 204 g/mol. The number of carbonyl (C=O) groups is 1. The molecule has 0 radical (unpaired) electrons. The minimum Gasteiger partial charge on any atom is -0.351 e. The Labute approximate surface area is 96.0 Å². The third-order valence-electron chi connectivity index (χ3n) is 2.59. The molecule has 0 saturated heterocycles. The molecule has 1 amide bonds. The van der Waals surface area contributed by atoms with E-state index in [1.54, 1.807) is 4.68 Å². The van der Waals surface area contributed by atoms with Crippen LogP contribution >= 0.6 is 0 Å². The topological polar surface area (TPSA) is 72.9 Å². The van der Waals surface area contributed by atoms with Crippen molar-refractivity contribution in [3.8, 4) is 0 Å². The lowest BCUT2D eigenvalue weighted by molar-refractivity contribution is -0.123. The average molecular weight is 224 g/mol. The summed E-state index contributed by atoms with van der Waals surface area (Å²) in [5.41, 5.74) is 7.69. The molecule has 3 N–H and O–H groups in total. The van der Waals surface area contributed by atoms with Gasteiger partial charge in [-0.1, -0.05) is 13.8 Å². The van der Waals surface area contributed by atoms with Gasteiger partial charge in [0, 0.05) is 25.4 Å². The van der Waals surface area contributed by atoms with Crippen LogP contribution in [0.3, 0.4) is 0 Å².